The molecule has 0 spiro atoms. The summed E-state index contributed by atoms with van der Waals surface area (Å²) in [5.41, 5.74) is 1.74. The van der Waals surface area contributed by atoms with Crippen LogP contribution in [-0.2, 0) is 16.0 Å². The van der Waals surface area contributed by atoms with Crippen molar-refractivity contribution in [3.05, 3.63) is 48.2 Å². The van der Waals surface area contributed by atoms with Crippen molar-refractivity contribution in [3.8, 4) is 0 Å². The number of fused-ring (bicyclic) bond motifs is 3. The Morgan fingerprint density at radius 2 is 1.91 bits per heavy atom. The van der Waals surface area contributed by atoms with E-state index in [1.807, 2.05) is 24.3 Å². The minimum Gasteiger partial charge on any atom is -0.464 e. The second kappa shape index (κ2) is 6.07. The van der Waals surface area contributed by atoms with Crippen LogP contribution in [0.25, 0.3) is 21.7 Å². The number of hydrogen-bond acceptors (Lipinski definition) is 3. The van der Waals surface area contributed by atoms with Gasteiger partial charge in [0.1, 0.15) is 11.7 Å². The molecular formula is C20H20O3. The van der Waals surface area contributed by atoms with Gasteiger partial charge >= 0.3 is 5.97 Å². The highest BCUT2D eigenvalue weighted by molar-refractivity contribution is 6.08. The fourth-order valence-electron chi connectivity index (χ4n) is 3.57. The summed E-state index contributed by atoms with van der Waals surface area (Å²) < 4.78 is 11.3. The van der Waals surface area contributed by atoms with Crippen molar-refractivity contribution in [2.24, 2.45) is 0 Å². The maximum absolute atomic E-state index is 12.3. The largest absolute Gasteiger partial charge is 0.464 e. The number of hydrogen-bond donors (Lipinski definition) is 0. The molecule has 1 heterocycles. The lowest BCUT2D eigenvalue weighted by Crippen LogP contribution is -2.21. The third-order valence-electron chi connectivity index (χ3n) is 4.73. The average Bonchev–Trinajstić information content (AvgIpc) is 2.99. The molecule has 0 saturated heterocycles. The first-order chi connectivity index (χ1) is 11.3. The van der Waals surface area contributed by atoms with Gasteiger partial charge in [0.05, 0.1) is 12.7 Å². The Hall–Kier alpha value is -2.29. The van der Waals surface area contributed by atoms with Crippen LogP contribution in [0.4, 0.5) is 0 Å². The zero-order valence-electron chi connectivity index (χ0n) is 13.1. The van der Waals surface area contributed by atoms with E-state index in [1.54, 1.807) is 6.26 Å². The van der Waals surface area contributed by atoms with E-state index < -0.39 is 0 Å². The predicted molar refractivity (Wildman–Crippen MR) is 90.4 cm³/mol. The first-order valence-corrected chi connectivity index (χ1v) is 8.38. The molecule has 3 nitrogen and oxygen atoms in total. The molecule has 0 amide bonds. The van der Waals surface area contributed by atoms with Gasteiger partial charge in [-0.3, -0.25) is 4.79 Å². The number of rotatable bonds is 3. The van der Waals surface area contributed by atoms with Gasteiger partial charge in [-0.1, -0.05) is 36.8 Å². The van der Waals surface area contributed by atoms with E-state index in [0.717, 1.165) is 53.0 Å². The van der Waals surface area contributed by atoms with Crippen molar-refractivity contribution in [3.63, 3.8) is 0 Å². The Labute approximate surface area is 135 Å². The number of furan rings is 1. The maximum Gasteiger partial charge on any atom is 0.310 e. The van der Waals surface area contributed by atoms with Gasteiger partial charge in [0.2, 0.25) is 0 Å². The van der Waals surface area contributed by atoms with Gasteiger partial charge in [0, 0.05) is 10.9 Å². The third kappa shape index (κ3) is 2.83. The quantitative estimate of drug-likeness (QED) is 0.639. The summed E-state index contributed by atoms with van der Waals surface area (Å²) in [4.78, 5) is 12.3. The molecular weight excluding hydrogens is 288 g/mol. The second-order valence-corrected chi connectivity index (χ2v) is 6.35. The molecule has 0 atom stereocenters. The van der Waals surface area contributed by atoms with E-state index >= 15 is 0 Å². The van der Waals surface area contributed by atoms with Crippen LogP contribution in [0.15, 0.2) is 47.1 Å². The molecule has 1 aliphatic rings. The van der Waals surface area contributed by atoms with Crippen molar-refractivity contribution >= 4 is 27.7 Å². The maximum atomic E-state index is 12.3. The standard InChI is InChI=1S/C20H20O3/c21-19(23-16-7-2-1-3-8-16)12-15-13-22-18-11-10-14-6-4-5-9-17(14)20(15)18/h4-6,9-11,13,16H,1-3,7-8,12H2. The molecule has 3 heteroatoms. The van der Waals surface area contributed by atoms with Crippen molar-refractivity contribution in [2.45, 2.75) is 44.6 Å². The number of carbonyl (C=O) groups is 1. The van der Waals surface area contributed by atoms with Gasteiger partial charge in [-0.25, -0.2) is 0 Å². The Bertz CT molecular complexity index is 840. The Balaban J connectivity index is 1.61. The first kappa shape index (κ1) is 14.3. The fourth-order valence-corrected chi connectivity index (χ4v) is 3.57. The Kier molecular flexibility index (Phi) is 3.78. The third-order valence-corrected chi connectivity index (χ3v) is 4.73. The zero-order chi connectivity index (χ0) is 15.6. The van der Waals surface area contributed by atoms with Gasteiger partial charge < -0.3 is 9.15 Å². The molecule has 0 aliphatic heterocycles. The highest BCUT2D eigenvalue weighted by Crippen LogP contribution is 2.30. The summed E-state index contributed by atoms with van der Waals surface area (Å²) in [6.45, 7) is 0. The van der Waals surface area contributed by atoms with Crippen LogP contribution >= 0.6 is 0 Å². The molecule has 0 unspecified atom stereocenters. The molecule has 1 fully saturated rings. The van der Waals surface area contributed by atoms with Gasteiger partial charge in [0.15, 0.2) is 0 Å². The van der Waals surface area contributed by atoms with Gasteiger partial charge in [-0.15, -0.1) is 0 Å². The molecule has 1 aliphatic carbocycles. The molecule has 0 bridgehead atoms. The lowest BCUT2D eigenvalue weighted by Gasteiger charge is -2.21. The minimum absolute atomic E-state index is 0.103. The van der Waals surface area contributed by atoms with Crippen molar-refractivity contribution < 1.29 is 13.9 Å². The van der Waals surface area contributed by atoms with E-state index in [9.17, 15) is 4.79 Å². The lowest BCUT2D eigenvalue weighted by molar-refractivity contribution is -0.149. The van der Waals surface area contributed by atoms with E-state index in [4.69, 9.17) is 9.15 Å². The number of esters is 1. The van der Waals surface area contributed by atoms with Gasteiger partial charge in [0.25, 0.3) is 0 Å². The van der Waals surface area contributed by atoms with Crippen molar-refractivity contribution in [2.75, 3.05) is 0 Å². The molecule has 3 aromatic rings. The van der Waals surface area contributed by atoms with Crippen molar-refractivity contribution in [1.82, 2.24) is 0 Å². The molecule has 23 heavy (non-hydrogen) atoms. The average molecular weight is 308 g/mol. The molecule has 2 aromatic carbocycles. The topological polar surface area (TPSA) is 39.4 Å². The highest BCUT2D eigenvalue weighted by atomic mass is 16.5. The second-order valence-electron chi connectivity index (χ2n) is 6.35. The predicted octanol–water partition coefficient (Wildman–Crippen LogP) is 5.00. The molecule has 4 rings (SSSR count). The van der Waals surface area contributed by atoms with Crippen LogP contribution < -0.4 is 0 Å². The summed E-state index contributed by atoms with van der Waals surface area (Å²) >= 11 is 0. The Morgan fingerprint density at radius 3 is 2.78 bits per heavy atom. The smallest absolute Gasteiger partial charge is 0.310 e. The SMILES string of the molecule is O=C(Cc1coc2ccc3ccccc3c12)OC1CCCCC1. The summed E-state index contributed by atoms with van der Waals surface area (Å²) in [7, 11) is 0. The Morgan fingerprint density at radius 1 is 1.09 bits per heavy atom. The van der Waals surface area contributed by atoms with Crippen LogP contribution in [0.1, 0.15) is 37.7 Å². The molecule has 1 saturated carbocycles. The molecule has 0 N–H and O–H groups in total. The summed E-state index contributed by atoms with van der Waals surface area (Å²) in [5, 5.41) is 3.31. The van der Waals surface area contributed by atoms with Crippen LogP contribution in [0, 0.1) is 0 Å². The fraction of sp³-hybridized carbons (Fsp3) is 0.350. The minimum atomic E-state index is -0.146. The van der Waals surface area contributed by atoms with E-state index in [-0.39, 0.29) is 18.5 Å². The molecule has 118 valence electrons. The highest BCUT2D eigenvalue weighted by Gasteiger charge is 2.19. The summed E-state index contributed by atoms with van der Waals surface area (Å²) in [6.07, 6.45) is 7.66. The van der Waals surface area contributed by atoms with Crippen LogP contribution in [-0.4, -0.2) is 12.1 Å². The lowest BCUT2D eigenvalue weighted by atomic mass is 9.98. The summed E-state index contributed by atoms with van der Waals surface area (Å²) in [6, 6.07) is 12.2. The van der Waals surface area contributed by atoms with Crippen LogP contribution in [0.2, 0.25) is 0 Å². The van der Waals surface area contributed by atoms with Crippen molar-refractivity contribution in [1.29, 1.82) is 0 Å². The molecule has 1 aromatic heterocycles. The number of benzene rings is 2. The number of ether oxygens (including phenoxy) is 1. The monoisotopic (exact) mass is 308 g/mol. The van der Waals surface area contributed by atoms with E-state index in [0.29, 0.717) is 0 Å². The van der Waals surface area contributed by atoms with Gasteiger partial charge in [-0.05, 0) is 42.5 Å². The normalized spacial score (nSPS) is 16.0. The van der Waals surface area contributed by atoms with E-state index in [2.05, 4.69) is 12.1 Å². The summed E-state index contributed by atoms with van der Waals surface area (Å²) in [5.74, 6) is -0.146. The molecule has 0 radical (unpaired) electrons. The van der Waals surface area contributed by atoms with Crippen LogP contribution in [0.3, 0.4) is 0 Å². The van der Waals surface area contributed by atoms with E-state index in [1.165, 1.54) is 6.42 Å². The first-order valence-electron chi connectivity index (χ1n) is 8.38. The van der Waals surface area contributed by atoms with Gasteiger partial charge in [-0.2, -0.15) is 0 Å². The zero-order valence-corrected chi connectivity index (χ0v) is 13.1. The number of carbonyl (C=O) groups excluding carboxylic acids is 1. The van der Waals surface area contributed by atoms with Crippen LogP contribution in [0.5, 0.6) is 0 Å².